The fourth-order valence-electron chi connectivity index (χ4n) is 3.95. The summed E-state index contributed by atoms with van der Waals surface area (Å²) in [5.41, 5.74) is 1.50. The topological polar surface area (TPSA) is 29.5 Å². The molecule has 0 saturated heterocycles. The molecule has 1 fully saturated rings. The summed E-state index contributed by atoms with van der Waals surface area (Å²) in [6, 6.07) is 0. The summed E-state index contributed by atoms with van der Waals surface area (Å²) in [6.45, 7) is 8.60. The number of aliphatic hydroxyl groups excluding tert-OH is 1. The Morgan fingerprint density at radius 1 is 1.26 bits per heavy atom. The van der Waals surface area contributed by atoms with E-state index in [0.29, 0.717) is 23.9 Å². The quantitative estimate of drug-likeness (QED) is 0.832. The van der Waals surface area contributed by atoms with Crippen LogP contribution in [0.4, 0.5) is 0 Å². The molecule has 110 valence electrons. The molecule has 0 aromatic carbocycles. The molecular weight excluding hydrogens is 236 g/mol. The van der Waals surface area contributed by atoms with E-state index in [0.717, 1.165) is 12.3 Å². The molecule has 6 atom stereocenters. The monoisotopic (exact) mass is 266 g/mol. The molecule has 2 nitrogen and oxygen atoms in total. The maximum atomic E-state index is 9.94. The van der Waals surface area contributed by atoms with E-state index in [9.17, 15) is 5.11 Å². The van der Waals surface area contributed by atoms with Crippen molar-refractivity contribution in [3.05, 3.63) is 11.8 Å². The van der Waals surface area contributed by atoms with E-state index in [-0.39, 0.29) is 6.10 Å². The van der Waals surface area contributed by atoms with Gasteiger partial charge in [-0.25, -0.2) is 0 Å². The highest BCUT2D eigenvalue weighted by molar-refractivity contribution is 5.16. The molecule has 2 heteroatoms. The minimum absolute atomic E-state index is 0.231. The van der Waals surface area contributed by atoms with Crippen LogP contribution >= 0.6 is 0 Å². The highest BCUT2D eigenvalue weighted by Gasteiger charge is 2.38. The molecule has 4 unspecified atom stereocenters. The van der Waals surface area contributed by atoms with Gasteiger partial charge in [-0.3, -0.25) is 0 Å². The van der Waals surface area contributed by atoms with Crippen LogP contribution in [0.3, 0.4) is 0 Å². The van der Waals surface area contributed by atoms with Crippen LogP contribution < -0.4 is 0 Å². The molecule has 2 rings (SSSR count). The van der Waals surface area contributed by atoms with Crippen molar-refractivity contribution >= 4 is 0 Å². The Morgan fingerprint density at radius 3 is 2.63 bits per heavy atom. The molecule has 0 spiro atoms. The molecule has 0 aromatic rings. The van der Waals surface area contributed by atoms with Gasteiger partial charge in [0, 0.05) is 0 Å². The van der Waals surface area contributed by atoms with Crippen LogP contribution in [-0.2, 0) is 4.74 Å². The Balaban J connectivity index is 2.23. The molecular formula is C17H30O2. The van der Waals surface area contributed by atoms with Gasteiger partial charge in [0.2, 0.25) is 0 Å². The molecule has 1 saturated carbocycles. The third-order valence-electron chi connectivity index (χ3n) is 5.51. The highest BCUT2D eigenvalue weighted by Crippen LogP contribution is 2.47. The largest absolute Gasteiger partial charge is 0.498 e. The lowest BCUT2D eigenvalue weighted by Crippen LogP contribution is -2.34. The Kier molecular flexibility index (Phi) is 4.94. The predicted molar refractivity (Wildman–Crippen MR) is 78.7 cm³/mol. The fourth-order valence-corrected chi connectivity index (χ4v) is 3.95. The number of aliphatic hydroxyl groups is 1. The Hall–Kier alpha value is -0.500. The van der Waals surface area contributed by atoms with Crippen molar-refractivity contribution in [2.24, 2.45) is 23.7 Å². The van der Waals surface area contributed by atoms with Crippen molar-refractivity contribution < 1.29 is 9.84 Å². The summed E-state index contributed by atoms with van der Waals surface area (Å²) in [6.07, 6.45) is 8.40. The van der Waals surface area contributed by atoms with E-state index in [1.54, 1.807) is 0 Å². The van der Waals surface area contributed by atoms with Crippen molar-refractivity contribution in [1.29, 1.82) is 0 Å². The maximum absolute atomic E-state index is 9.94. The number of allylic oxidation sites excluding steroid dienone is 1. The number of fused-ring (bicyclic) bond motifs is 1. The molecule has 0 bridgehead atoms. The SMILES string of the molecule is CC[C@@H]1CCC([C@@H](C)C(C)O)C2=COC(C)CCC21. The standard InChI is InChI=1S/C17H30O2/c1-5-14-7-9-15(12(3)13(4)18)17-10-19-11(2)6-8-16(14)17/h10-16,18H,5-9H2,1-4H3/t11?,12-,13?,14+,15?,16?/m0/s1. The van der Waals surface area contributed by atoms with E-state index in [2.05, 4.69) is 27.0 Å². The van der Waals surface area contributed by atoms with E-state index in [4.69, 9.17) is 4.74 Å². The first-order valence-electron chi connectivity index (χ1n) is 8.08. The van der Waals surface area contributed by atoms with E-state index < -0.39 is 0 Å². The lowest BCUT2D eigenvalue weighted by atomic mass is 9.64. The van der Waals surface area contributed by atoms with Gasteiger partial charge in [0.1, 0.15) is 0 Å². The van der Waals surface area contributed by atoms with E-state index in [1.807, 2.05) is 6.92 Å². The molecule has 1 aliphatic heterocycles. The van der Waals surface area contributed by atoms with Crippen molar-refractivity contribution in [2.45, 2.75) is 72.0 Å². The highest BCUT2D eigenvalue weighted by atomic mass is 16.5. The zero-order valence-electron chi connectivity index (χ0n) is 12.9. The Morgan fingerprint density at radius 2 is 2.00 bits per heavy atom. The zero-order valence-corrected chi connectivity index (χ0v) is 12.9. The summed E-state index contributed by atoms with van der Waals surface area (Å²) in [5.74, 6) is 2.36. The van der Waals surface area contributed by atoms with Gasteiger partial charge < -0.3 is 9.84 Å². The summed E-state index contributed by atoms with van der Waals surface area (Å²) < 4.78 is 5.88. The average Bonchev–Trinajstić information content (AvgIpc) is 2.59. The first kappa shape index (κ1) is 14.9. The van der Waals surface area contributed by atoms with Crippen LogP contribution in [0.25, 0.3) is 0 Å². The first-order valence-corrected chi connectivity index (χ1v) is 8.08. The van der Waals surface area contributed by atoms with Gasteiger partial charge in [0.15, 0.2) is 0 Å². The number of hydrogen-bond acceptors (Lipinski definition) is 2. The summed E-state index contributed by atoms with van der Waals surface area (Å²) in [5, 5.41) is 9.94. The van der Waals surface area contributed by atoms with Crippen molar-refractivity contribution in [2.75, 3.05) is 0 Å². The van der Waals surface area contributed by atoms with E-state index in [1.165, 1.54) is 31.3 Å². The second-order valence-electron chi connectivity index (χ2n) is 6.70. The number of rotatable bonds is 3. The van der Waals surface area contributed by atoms with Gasteiger partial charge in [-0.2, -0.15) is 0 Å². The van der Waals surface area contributed by atoms with Crippen LogP contribution in [-0.4, -0.2) is 17.3 Å². The third-order valence-corrected chi connectivity index (χ3v) is 5.51. The second kappa shape index (κ2) is 6.30. The second-order valence-corrected chi connectivity index (χ2v) is 6.70. The molecule has 0 aromatic heterocycles. The van der Waals surface area contributed by atoms with Gasteiger partial charge >= 0.3 is 0 Å². The Labute approximate surface area is 118 Å². The smallest absolute Gasteiger partial charge is 0.0950 e. The average molecular weight is 266 g/mol. The first-order chi connectivity index (χ1) is 9.04. The van der Waals surface area contributed by atoms with Crippen LogP contribution in [0, 0.1) is 23.7 Å². The fraction of sp³-hybridized carbons (Fsp3) is 0.882. The maximum Gasteiger partial charge on any atom is 0.0950 e. The molecule has 1 aliphatic carbocycles. The minimum Gasteiger partial charge on any atom is -0.498 e. The van der Waals surface area contributed by atoms with Crippen LogP contribution in [0.1, 0.15) is 59.8 Å². The van der Waals surface area contributed by atoms with Gasteiger partial charge in [-0.15, -0.1) is 0 Å². The predicted octanol–water partition coefficient (Wildman–Crippen LogP) is 4.14. The summed E-state index contributed by atoms with van der Waals surface area (Å²) in [7, 11) is 0. The number of hydrogen-bond donors (Lipinski definition) is 1. The zero-order chi connectivity index (χ0) is 14.0. The molecule has 19 heavy (non-hydrogen) atoms. The minimum atomic E-state index is -0.231. The van der Waals surface area contributed by atoms with Gasteiger partial charge in [0.25, 0.3) is 0 Å². The molecule has 1 heterocycles. The van der Waals surface area contributed by atoms with Crippen LogP contribution in [0.2, 0.25) is 0 Å². The molecule has 0 amide bonds. The number of ether oxygens (including phenoxy) is 1. The molecule has 2 aliphatic rings. The van der Waals surface area contributed by atoms with Crippen LogP contribution in [0.15, 0.2) is 11.8 Å². The van der Waals surface area contributed by atoms with Crippen molar-refractivity contribution in [3.8, 4) is 0 Å². The normalized spacial score (nSPS) is 38.5. The summed E-state index contributed by atoms with van der Waals surface area (Å²) in [4.78, 5) is 0. The van der Waals surface area contributed by atoms with Crippen molar-refractivity contribution in [1.82, 2.24) is 0 Å². The third kappa shape index (κ3) is 3.16. The lowest BCUT2D eigenvalue weighted by molar-refractivity contribution is 0.0843. The summed E-state index contributed by atoms with van der Waals surface area (Å²) >= 11 is 0. The van der Waals surface area contributed by atoms with Crippen LogP contribution in [0.5, 0.6) is 0 Å². The molecule has 1 N–H and O–H groups in total. The van der Waals surface area contributed by atoms with Gasteiger partial charge in [-0.05, 0) is 68.8 Å². The van der Waals surface area contributed by atoms with E-state index >= 15 is 0 Å². The molecule has 0 radical (unpaired) electrons. The Bertz CT molecular complexity index is 321. The lowest BCUT2D eigenvalue weighted by Gasteiger charge is -2.40. The van der Waals surface area contributed by atoms with Gasteiger partial charge in [-0.1, -0.05) is 20.3 Å². The van der Waals surface area contributed by atoms with Crippen molar-refractivity contribution in [3.63, 3.8) is 0 Å². The van der Waals surface area contributed by atoms with Gasteiger partial charge in [0.05, 0.1) is 18.5 Å².